The molecule has 1 aromatic rings. The van der Waals surface area contributed by atoms with Gasteiger partial charge in [-0.15, -0.1) is 0 Å². The highest BCUT2D eigenvalue weighted by atomic mass is 32.2. The minimum atomic E-state index is -1.31. The van der Waals surface area contributed by atoms with Crippen LogP contribution in [0, 0.1) is 0 Å². The van der Waals surface area contributed by atoms with Crippen molar-refractivity contribution in [2.24, 2.45) is 0 Å². The second-order valence-electron chi connectivity index (χ2n) is 7.97. The monoisotopic (exact) mass is 335 g/mol. The van der Waals surface area contributed by atoms with E-state index in [1.807, 2.05) is 53.7 Å². The summed E-state index contributed by atoms with van der Waals surface area (Å²) in [5.74, 6) is 0.177. The van der Waals surface area contributed by atoms with Gasteiger partial charge in [-0.3, -0.25) is 9.00 Å². The van der Waals surface area contributed by atoms with Gasteiger partial charge < -0.3 is 10.4 Å². The Kier molecular flexibility index (Phi) is 4.46. The fraction of sp³-hybridized carbons (Fsp3) is 0.500. The molecule has 2 rings (SSSR count). The molecule has 0 aromatic heterocycles. The molecule has 0 aliphatic carbocycles. The van der Waals surface area contributed by atoms with Gasteiger partial charge >= 0.3 is 0 Å². The molecule has 0 saturated carbocycles. The number of aromatic hydroxyl groups is 1. The summed E-state index contributed by atoms with van der Waals surface area (Å²) >= 11 is 0. The van der Waals surface area contributed by atoms with E-state index >= 15 is 0 Å². The van der Waals surface area contributed by atoms with Gasteiger partial charge in [-0.05, 0) is 34.6 Å². The zero-order valence-corrected chi connectivity index (χ0v) is 15.4. The van der Waals surface area contributed by atoms with Crippen LogP contribution >= 0.6 is 0 Å². The molecule has 1 saturated heterocycles. The van der Waals surface area contributed by atoms with E-state index in [0.29, 0.717) is 5.75 Å². The zero-order valence-electron chi connectivity index (χ0n) is 14.6. The Labute approximate surface area is 140 Å². The predicted octanol–water partition coefficient (Wildman–Crippen LogP) is 3.16. The molecule has 1 fully saturated rings. The zero-order chi connectivity index (χ0) is 17.6. The Morgan fingerprint density at radius 2 is 1.57 bits per heavy atom. The number of carbonyl (C=O) groups excluding carboxylic acids is 1. The second-order valence-corrected chi connectivity index (χ2v) is 9.39. The average molecular weight is 335 g/mol. The van der Waals surface area contributed by atoms with E-state index in [0.717, 1.165) is 16.7 Å². The maximum Gasteiger partial charge on any atom is 0.261 e. The summed E-state index contributed by atoms with van der Waals surface area (Å²) in [6, 6.07) is 3.75. The molecule has 4 nitrogen and oxygen atoms in total. The normalized spacial score (nSPS) is 20.9. The van der Waals surface area contributed by atoms with Gasteiger partial charge in [-0.25, -0.2) is 0 Å². The molecule has 0 spiro atoms. The smallest absolute Gasteiger partial charge is 0.261 e. The summed E-state index contributed by atoms with van der Waals surface area (Å²) in [5.41, 5.74) is 1.95. The van der Waals surface area contributed by atoms with E-state index in [1.54, 1.807) is 6.08 Å². The maximum absolute atomic E-state index is 11.9. The Balaban J connectivity index is 2.68. The van der Waals surface area contributed by atoms with Crippen LogP contribution in [0.15, 0.2) is 17.0 Å². The van der Waals surface area contributed by atoms with Gasteiger partial charge in [0.15, 0.2) is 0 Å². The van der Waals surface area contributed by atoms with Gasteiger partial charge in [0, 0.05) is 11.1 Å². The fourth-order valence-electron chi connectivity index (χ4n) is 2.57. The van der Waals surface area contributed by atoms with Gasteiger partial charge in [-0.1, -0.05) is 41.5 Å². The lowest BCUT2D eigenvalue weighted by atomic mass is 9.78. The molecule has 1 aliphatic heterocycles. The van der Waals surface area contributed by atoms with Crippen LogP contribution in [0.25, 0.3) is 6.08 Å². The third-order valence-electron chi connectivity index (χ3n) is 3.88. The van der Waals surface area contributed by atoms with Crippen molar-refractivity contribution in [2.45, 2.75) is 52.4 Å². The molecule has 23 heavy (non-hydrogen) atoms. The number of carbonyl (C=O) groups is 1. The Morgan fingerprint density at radius 3 is 1.91 bits per heavy atom. The highest BCUT2D eigenvalue weighted by Gasteiger charge is 2.28. The number of phenols is 1. The minimum Gasteiger partial charge on any atom is -0.507 e. The van der Waals surface area contributed by atoms with Crippen molar-refractivity contribution in [3.63, 3.8) is 0 Å². The van der Waals surface area contributed by atoms with Gasteiger partial charge in [0.25, 0.3) is 5.91 Å². The number of hydrogen-bond acceptors (Lipinski definition) is 3. The van der Waals surface area contributed by atoms with Crippen LogP contribution in [0.4, 0.5) is 0 Å². The average Bonchev–Trinajstić information content (AvgIpc) is 2.69. The molecular weight excluding hydrogens is 310 g/mol. The van der Waals surface area contributed by atoms with Crippen LogP contribution in [0.3, 0.4) is 0 Å². The molecule has 126 valence electrons. The second kappa shape index (κ2) is 5.78. The van der Waals surface area contributed by atoms with Crippen LogP contribution in [-0.4, -0.2) is 21.1 Å². The largest absolute Gasteiger partial charge is 0.507 e. The molecule has 2 N–H and O–H groups in total. The van der Waals surface area contributed by atoms with Gasteiger partial charge in [-0.2, -0.15) is 0 Å². The summed E-state index contributed by atoms with van der Waals surface area (Å²) in [5, 5.41) is 13.3. The number of phenolic OH excluding ortho intramolecular Hbond substituents is 1. The highest BCUT2D eigenvalue weighted by molar-refractivity contribution is 7.90. The van der Waals surface area contributed by atoms with E-state index in [2.05, 4.69) is 5.32 Å². The molecule has 1 atom stereocenters. The topological polar surface area (TPSA) is 66.4 Å². The van der Waals surface area contributed by atoms with E-state index < -0.39 is 10.8 Å². The summed E-state index contributed by atoms with van der Waals surface area (Å²) < 4.78 is 11.9. The first kappa shape index (κ1) is 17.7. The summed E-state index contributed by atoms with van der Waals surface area (Å²) in [4.78, 5) is 12.1. The van der Waals surface area contributed by atoms with E-state index in [4.69, 9.17) is 0 Å². The molecule has 1 aliphatic rings. The highest BCUT2D eigenvalue weighted by Crippen LogP contribution is 2.40. The Morgan fingerprint density at radius 1 is 1.09 bits per heavy atom. The minimum absolute atomic E-state index is 0.168. The maximum atomic E-state index is 11.9. The van der Waals surface area contributed by atoms with E-state index in [9.17, 15) is 14.1 Å². The lowest BCUT2D eigenvalue weighted by molar-refractivity contribution is -0.116. The van der Waals surface area contributed by atoms with Gasteiger partial charge in [0.05, 0.1) is 16.7 Å². The number of benzene rings is 1. The first-order chi connectivity index (χ1) is 10.4. The third kappa shape index (κ3) is 3.66. The quantitative estimate of drug-likeness (QED) is 0.775. The number of nitrogens with one attached hydrogen (secondary N) is 1. The molecule has 0 bridgehead atoms. The summed E-state index contributed by atoms with van der Waals surface area (Å²) in [7, 11) is -1.31. The SMILES string of the molecule is CC(C)(C)c1cc(C=C2C(=O)NCS2=O)cc(C(C)(C)C)c1O. The number of hydrogen-bond donors (Lipinski definition) is 2. The van der Waals surface area contributed by atoms with Crippen molar-refractivity contribution in [1.29, 1.82) is 0 Å². The first-order valence-electron chi connectivity index (χ1n) is 7.67. The number of amides is 1. The van der Waals surface area contributed by atoms with Crippen LogP contribution in [0.5, 0.6) is 5.75 Å². The standard InChI is InChI=1S/C18H25NO3S/c1-17(2,3)12-7-11(8-13(15(12)20)18(4,5)6)9-14-16(21)19-10-23(14)22/h7-9,20H,10H2,1-6H3,(H,19,21). The Hall–Kier alpha value is -1.62. The van der Waals surface area contributed by atoms with Crippen molar-refractivity contribution < 1.29 is 14.1 Å². The fourth-order valence-corrected chi connectivity index (χ4v) is 3.53. The summed E-state index contributed by atoms with van der Waals surface area (Å²) in [6.45, 7) is 12.2. The van der Waals surface area contributed by atoms with Gasteiger partial charge in [0.1, 0.15) is 10.7 Å². The molecule has 0 radical (unpaired) electrons. The van der Waals surface area contributed by atoms with Gasteiger partial charge in [0.2, 0.25) is 0 Å². The third-order valence-corrected chi connectivity index (χ3v) is 5.08. The van der Waals surface area contributed by atoms with Crippen LogP contribution < -0.4 is 5.32 Å². The Bertz CT molecular complexity index is 653. The van der Waals surface area contributed by atoms with E-state index in [1.165, 1.54) is 0 Å². The predicted molar refractivity (Wildman–Crippen MR) is 94.6 cm³/mol. The lowest BCUT2D eigenvalue weighted by Crippen LogP contribution is -2.17. The lowest BCUT2D eigenvalue weighted by Gasteiger charge is -2.28. The van der Waals surface area contributed by atoms with Crippen LogP contribution in [0.1, 0.15) is 58.2 Å². The number of rotatable bonds is 1. The molecular formula is C18H25NO3S. The van der Waals surface area contributed by atoms with Crippen LogP contribution in [-0.2, 0) is 26.4 Å². The molecule has 1 amide bonds. The molecule has 5 heteroatoms. The van der Waals surface area contributed by atoms with Crippen LogP contribution in [0.2, 0.25) is 0 Å². The summed E-state index contributed by atoms with van der Waals surface area (Å²) in [6.07, 6.45) is 1.67. The van der Waals surface area contributed by atoms with Crippen molar-refractivity contribution >= 4 is 22.8 Å². The van der Waals surface area contributed by atoms with Crippen molar-refractivity contribution in [1.82, 2.24) is 5.32 Å². The van der Waals surface area contributed by atoms with Crippen molar-refractivity contribution in [3.8, 4) is 5.75 Å². The molecule has 1 aromatic carbocycles. The first-order valence-corrected chi connectivity index (χ1v) is 8.99. The van der Waals surface area contributed by atoms with Crippen molar-refractivity contribution in [2.75, 3.05) is 5.88 Å². The van der Waals surface area contributed by atoms with E-state index in [-0.39, 0.29) is 27.5 Å². The molecule has 1 heterocycles. The van der Waals surface area contributed by atoms with Crippen molar-refractivity contribution in [3.05, 3.63) is 33.7 Å². The molecule has 1 unspecified atom stereocenters.